The minimum Gasteiger partial charge on any atom is -0.398 e. The van der Waals surface area contributed by atoms with Gasteiger partial charge in [-0.25, -0.2) is 0 Å². The minimum absolute atomic E-state index is 0.0873. The van der Waals surface area contributed by atoms with Gasteiger partial charge in [-0.3, -0.25) is 0 Å². The molecule has 0 saturated carbocycles. The van der Waals surface area contributed by atoms with Crippen LogP contribution in [0.25, 0.3) is 0 Å². The first-order valence-corrected chi connectivity index (χ1v) is 2.85. The summed E-state index contributed by atoms with van der Waals surface area (Å²) in [5, 5.41) is 3.59. The highest BCUT2D eigenvalue weighted by Crippen LogP contribution is 2.12. The van der Waals surface area contributed by atoms with Crippen molar-refractivity contribution in [3.63, 3.8) is 0 Å². The SMILES string of the molecule is CON=C(N)C(C)(C)C. The lowest BCUT2D eigenvalue weighted by molar-refractivity contribution is 0.208. The Morgan fingerprint density at radius 2 is 1.89 bits per heavy atom. The summed E-state index contributed by atoms with van der Waals surface area (Å²) in [4.78, 5) is 4.49. The molecule has 9 heavy (non-hydrogen) atoms. The van der Waals surface area contributed by atoms with Crippen LogP contribution in [0.1, 0.15) is 20.8 Å². The maximum atomic E-state index is 5.49. The fourth-order valence-electron chi connectivity index (χ4n) is 0.235. The summed E-state index contributed by atoms with van der Waals surface area (Å²) in [5.41, 5.74) is 5.40. The standard InChI is InChI=1S/C6H14N2O/c1-6(2,3)5(7)8-9-4/h1-4H3,(H2,7,8). The van der Waals surface area contributed by atoms with Gasteiger partial charge in [0.25, 0.3) is 0 Å². The van der Waals surface area contributed by atoms with Crippen molar-refractivity contribution in [2.24, 2.45) is 16.3 Å². The summed E-state index contributed by atoms with van der Waals surface area (Å²) in [6, 6.07) is 0. The molecule has 0 aliphatic carbocycles. The largest absolute Gasteiger partial charge is 0.398 e. The van der Waals surface area contributed by atoms with Crippen LogP contribution in [0.5, 0.6) is 0 Å². The molecule has 3 nitrogen and oxygen atoms in total. The first kappa shape index (κ1) is 8.27. The van der Waals surface area contributed by atoms with E-state index in [0.717, 1.165) is 0 Å². The third kappa shape index (κ3) is 2.95. The number of nitrogens with zero attached hydrogens (tertiary/aromatic N) is 1. The van der Waals surface area contributed by atoms with Crippen molar-refractivity contribution in [3.05, 3.63) is 0 Å². The lowest BCUT2D eigenvalue weighted by Gasteiger charge is -2.15. The Morgan fingerprint density at radius 3 is 2.00 bits per heavy atom. The molecule has 0 aromatic rings. The summed E-state index contributed by atoms with van der Waals surface area (Å²) in [6.45, 7) is 5.93. The van der Waals surface area contributed by atoms with Crippen LogP contribution in [-0.4, -0.2) is 12.9 Å². The molecule has 0 bridgehead atoms. The quantitative estimate of drug-likeness (QED) is 0.326. The molecule has 0 saturated heterocycles. The third-order valence-electron chi connectivity index (χ3n) is 0.958. The Hall–Kier alpha value is -0.730. The molecule has 0 aliphatic rings. The molecule has 0 amide bonds. The molecule has 2 N–H and O–H groups in total. The highest BCUT2D eigenvalue weighted by molar-refractivity contribution is 5.84. The molecule has 0 spiro atoms. The first-order valence-electron chi connectivity index (χ1n) is 2.85. The van der Waals surface area contributed by atoms with Crippen molar-refractivity contribution < 1.29 is 4.84 Å². The summed E-state index contributed by atoms with van der Waals surface area (Å²) < 4.78 is 0. The fraction of sp³-hybridized carbons (Fsp3) is 0.833. The van der Waals surface area contributed by atoms with Crippen LogP contribution in [0.2, 0.25) is 0 Å². The van der Waals surface area contributed by atoms with Crippen LogP contribution in [0.15, 0.2) is 5.16 Å². The van der Waals surface area contributed by atoms with Gasteiger partial charge in [-0.05, 0) is 0 Å². The third-order valence-corrected chi connectivity index (χ3v) is 0.958. The summed E-state index contributed by atoms with van der Waals surface area (Å²) in [6.07, 6.45) is 0. The molecule has 0 aliphatic heterocycles. The van der Waals surface area contributed by atoms with Crippen LogP contribution in [0.4, 0.5) is 0 Å². The molecule has 0 fully saturated rings. The van der Waals surface area contributed by atoms with E-state index in [1.807, 2.05) is 20.8 Å². The van der Waals surface area contributed by atoms with Gasteiger partial charge in [0.1, 0.15) is 12.9 Å². The Morgan fingerprint density at radius 1 is 1.44 bits per heavy atom. The summed E-state index contributed by atoms with van der Waals surface area (Å²) in [5.74, 6) is 0.519. The Labute approximate surface area is 55.9 Å². The fourth-order valence-corrected chi connectivity index (χ4v) is 0.235. The smallest absolute Gasteiger partial charge is 0.144 e. The number of amidine groups is 1. The average Bonchev–Trinajstić information content (AvgIpc) is 1.64. The van der Waals surface area contributed by atoms with Gasteiger partial charge in [0, 0.05) is 5.41 Å². The molecule has 0 rings (SSSR count). The second-order valence-electron chi connectivity index (χ2n) is 2.91. The van der Waals surface area contributed by atoms with E-state index in [0.29, 0.717) is 5.84 Å². The lowest BCUT2D eigenvalue weighted by atomic mass is 9.96. The van der Waals surface area contributed by atoms with Crippen LogP contribution in [0, 0.1) is 5.41 Å². The van der Waals surface area contributed by atoms with Crippen LogP contribution >= 0.6 is 0 Å². The van der Waals surface area contributed by atoms with Gasteiger partial charge in [-0.15, -0.1) is 0 Å². The number of hydrogen-bond acceptors (Lipinski definition) is 2. The van der Waals surface area contributed by atoms with Gasteiger partial charge in [0.05, 0.1) is 0 Å². The summed E-state index contributed by atoms with van der Waals surface area (Å²) in [7, 11) is 1.48. The van der Waals surface area contributed by atoms with Crippen LogP contribution in [0.3, 0.4) is 0 Å². The van der Waals surface area contributed by atoms with Crippen LogP contribution < -0.4 is 5.73 Å². The normalized spacial score (nSPS) is 13.6. The van der Waals surface area contributed by atoms with Gasteiger partial charge in [0.15, 0.2) is 0 Å². The highest BCUT2D eigenvalue weighted by atomic mass is 16.6. The van der Waals surface area contributed by atoms with Gasteiger partial charge in [-0.2, -0.15) is 0 Å². The predicted octanol–water partition coefficient (Wildman–Crippen LogP) is 0.951. The molecule has 0 aromatic carbocycles. The van der Waals surface area contributed by atoms with Crippen molar-refractivity contribution in [1.82, 2.24) is 0 Å². The second-order valence-corrected chi connectivity index (χ2v) is 2.91. The van der Waals surface area contributed by atoms with Crippen molar-refractivity contribution in [3.8, 4) is 0 Å². The molecule has 3 heteroatoms. The topological polar surface area (TPSA) is 47.6 Å². The Kier molecular flexibility index (Phi) is 2.49. The van der Waals surface area contributed by atoms with E-state index >= 15 is 0 Å². The number of hydrogen-bond donors (Lipinski definition) is 1. The van der Waals surface area contributed by atoms with E-state index in [9.17, 15) is 0 Å². The number of oxime groups is 1. The van der Waals surface area contributed by atoms with E-state index in [1.165, 1.54) is 7.11 Å². The number of rotatable bonds is 1. The maximum absolute atomic E-state index is 5.49. The first-order chi connectivity index (χ1) is 3.98. The van der Waals surface area contributed by atoms with Gasteiger partial charge in [-0.1, -0.05) is 25.9 Å². The van der Waals surface area contributed by atoms with Crippen molar-refractivity contribution in [1.29, 1.82) is 0 Å². The molecule has 0 radical (unpaired) electrons. The maximum Gasteiger partial charge on any atom is 0.144 e. The summed E-state index contributed by atoms with van der Waals surface area (Å²) >= 11 is 0. The van der Waals surface area contributed by atoms with E-state index in [1.54, 1.807) is 0 Å². The molecular weight excluding hydrogens is 116 g/mol. The molecule has 0 heterocycles. The highest BCUT2D eigenvalue weighted by Gasteiger charge is 2.15. The van der Waals surface area contributed by atoms with Crippen LogP contribution in [-0.2, 0) is 4.84 Å². The average molecular weight is 130 g/mol. The molecule has 0 atom stereocenters. The van der Waals surface area contributed by atoms with Gasteiger partial charge >= 0.3 is 0 Å². The van der Waals surface area contributed by atoms with Crippen molar-refractivity contribution in [2.75, 3.05) is 7.11 Å². The predicted molar refractivity (Wildman–Crippen MR) is 38.1 cm³/mol. The van der Waals surface area contributed by atoms with E-state index in [4.69, 9.17) is 5.73 Å². The van der Waals surface area contributed by atoms with E-state index < -0.39 is 0 Å². The van der Waals surface area contributed by atoms with Gasteiger partial charge in [0.2, 0.25) is 0 Å². The van der Waals surface area contributed by atoms with E-state index in [-0.39, 0.29) is 5.41 Å². The monoisotopic (exact) mass is 130 g/mol. The zero-order valence-corrected chi connectivity index (χ0v) is 6.43. The zero-order chi connectivity index (χ0) is 7.49. The number of nitrogens with two attached hydrogens (primary N) is 1. The Bertz CT molecular complexity index is 113. The minimum atomic E-state index is -0.0873. The van der Waals surface area contributed by atoms with Crippen molar-refractivity contribution >= 4 is 5.84 Å². The van der Waals surface area contributed by atoms with Crippen molar-refractivity contribution in [2.45, 2.75) is 20.8 Å². The molecule has 54 valence electrons. The zero-order valence-electron chi connectivity index (χ0n) is 6.43. The molecular formula is C6H14N2O. The van der Waals surface area contributed by atoms with E-state index in [2.05, 4.69) is 9.99 Å². The lowest BCUT2D eigenvalue weighted by Crippen LogP contribution is -2.28. The molecule has 0 unspecified atom stereocenters. The second kappa shape index (κ2) is 2.71. The molecule has 0 aromatic heterocycles. The Balaban J connectivity index is 4.03. The van der Waals surface area contributed by atoms with Gasteiger partial charge < -0.3 is 10.6 Å².